The number of ether oxygens (including phenoxy) is 1. The quantitative estimate of drug-likeness (QED) is 0.763. The monoisotopic (exact) mass is 422 g/mol. The van der Waals surface area contributed by atoms with Crippen molar-refractivity contribution in [2.75, 3.05) is 11.9 Å². The molecule has 0 bridgehead atoms. The van der Waals surface area contributed by atoms with Crippen LogP contribution in [-0.2, 0) is 29.4 Å². The molecule has 0 fully saturated rings. The molecule has 1 aliphatic rings. The van der Waals surface area contributed by atoms with Gasteiger partial charge in [0.2, 0.25) is 0 Å². The number of hydrogen-bond acceptors (Lipinski definition) is 6. The molecule has 2 aromatic rings. The number of aryl methyl sites for hydroxylation is 2. The Morgan fingerprint density at radius 2 is 2.24 bits per heavy atom. The molecule has 0 aliphatic heterocycles. The lowest BCUT2D eigenvalue weighted by molar-refractivity contribution is -0.119. The number of nitrogens with one attached hydrogen (secondary N) is 1. The number of rotatable bonds is 4. The van der Waals surface area contributed by atoms with Crippen LogP contribution in [0.4, 0.5) is 5.00 Å². The van der Waals surface area contributed by atoms with Gasteiger partial charge in [0.1, 0.15) is 11.1 Å². The summed E-state index contributed by atoms with van der Waals surface area (Å²) < 4.78 is 6.96. The molecule has 25 heavy (non-hydrogen) atoms. The molecule has 0 saturated carbocycles. The zero-order valence-electron chi connectivity index (χ0n) is 13.5. The van der Waals surface area contributed by atoms with Gasteiger partial charge in [0.15, 0.2) is 12.3 Å². The van der Waals surface area contributed by atoms with Crippen molar-refractivity contribution in [3.63, 3.8) is 0 Å². The summed E-state index contributed by atoms with van der Waals surface area (Å²) in [6.45, 7) is -0.435. The molecule has 0 atom stereocenters. The third-order valence-corrected chi connectivity index (χ3v) is 5.64. The summed E-state index contributed by atoms with van der Waals surface area (Å²) in [4.78, 5) is 25.2. The first kappa shape index (κ1) is 17.6. The molecule has 2 aromatic heterocycles. The summed E-state index contributed by atoms with van der Waals surface area (Å²) in [5.74, 6) is -1.16. The molecule has 1 amide bonds. The van der Waals surface area contributed by atoms with E-state index in [0.717, 1.165) is 36.1 Å². The van der Waals surface area contributed by atoms with Gasteiger partial charge < -0.3 is 10.1 Å². The number of carbonyl (C=O) groups is 2. The summed E-state index contributed by atoms with van der Waals surface area (Å²) >= 11 is 4.64. The van der Waals surface area contributed by atoms with Gasteiger partial charge in [0, 0.05) is 18.1 Å². The lowest BCUT2D eigenvalue weighted by Crippen LogP contribution is -2.21. The highest BCUT2D eigenvalue weighted by molar-refractivity contribution is 9.10. The molecular weight excluding hydrogens is 408 g/mol. The lowest BCUT2D eigenvalue weighted by Gasteiger charge is -2.09. The van der Waals surface area contributed by atoms with Crippen molar-refractivity contribution in [3.05, 3.63) is 32.4 Å². The van der Waals surface area contributed by atoms with Crippen LogP contribution in [0.5, 0.6) is 0 Å². The third-order valence-electron chi connectivity index (χ3n) is 3.85. The number of carbonyl (C=O) groups excluding carboxylic acids is 2. The number of anilines is 1. The number of esters is 1. The van der Waals surface area contributed by atoms with Crippen LogP contribution in [0.15, 0.2) is 10.7 Å². The van der Waals surface area contributed by atoms with E-state index in [0.29, 0.717) is 15.0 Å². The Balaban J connectivity index is 1.63. The Morgan fingerprint density at radius 1 is 1.48 bits per heavy atom. The van der Waals surface area contributed by atoms with E-state index in [1.54, 1.807) is 13.2 Å². The van der Waals surface area contributed by atoms with Gasteiger partial charge in [-0.2, -0.15) is 10.4 Å². The van der Waals surface area contributed by atoms with Gasteiger partial charge in [-0.15, -0.1) is 11.3 Å². The number of halogens is 1. The molecule has 0 spiro atoms. The van der Waals surface area contributed by atoms with Crippen molar-refractivity contribution in [2.24, 2.45) is 7.05 Å². The van der Waals surface area contributed by atoms with E-state index in [9.17, 15) is 14.9 Å². The van der Waals surface area contributed by atoms with E-state index in [1.165, 1.54) is 16.0 Å². The minimum atomic E-state index is -0.686. The smallest absolute Gasteiger partial charge is 0.360 e. The Kier molecular flexibility index (Phi) is 5.20. The standard InChI is InChI=1S/C16H15BrN4O3S/c1-21-7-11(17)14(20-21)16(23)24-8-13(22)19-15-10(6-18)9-4-2-3-5-12(9)25-15/h7H,2-5,8H2,1H3,(H,19,22). The second-order valence-electron chi connectivity index (χ2n) is 5.65. The van der Waals surface area contributed by atoms with E-state index in [2.05, 4.69) is 32.4 Å². The zero-order chi connectivity index (χ0) is 18.0. The number of nitriles is 1. The largest absolute Gasteiger partial charge is 0.451 e. The lowest BCUT2D eigenvalue weighted by atomic mass is 9.96. The van der Waals surface area contributed by atoms with Crippen molar-refractivity contribution >= 4 is 44.1 Å². The van der Waals surface area contributed by atoms with Crippen LogP contribution in [0.1, 0.15) is 39.3 Å². The first-order valence-corrected chi connectivity index (χ1v) is 9.31. The van der Waals surface area contributed by atoms with Gasteiger partial charge in [-0.3, -0.25) is 9.48 Å². The predicted octanol–water partition coefficient (Wildman–Crippen LogP) is 2.79. The fraction of sp³-hybridized carbons (Fsp3) is 0.375. The summed E-state index contributed by atoms with van der Waals surface area (Å²) in [6.07, 6.45) is 5.58. The first-order valence-electron chi connectivity index (χ1n) is 7.70. The minimum Gasteiger partial charge on any atom is -0.451 e. The maximum absolute atomic E-state index is 12.1. The van der Waals surface area contributed by atoms with E-state index < -0.39 is 18.5 Å². The Bertz CT molecular complexity index is 881. The van der Waals surface area contributed by atoms with Crippen molar-refractivity contribution < 1.29 is 14.3 Å². The van der Waals surface area contributed by atoms with Crippen molar-refractivity contribution in [1.29, 1.82) is 5.26 Å². The topological polar surface area (TPSA) is 97.0 Å². The summed E-state index contributed by atoms with van der Waals surface area (Å²) in [6, 6.07) is 2.18. The fourth-order valence-electron chi connectivity index (χ4n) is 2.73. The van der Waals surface area contributed by atoms with Crippen molar-refractivity contribution in [3.8, 4) is 6.07 Å². The molecule has 9 heteroatoms. The first-order chi connectivity index (χ1) is 12.0. The normalized spacial score (nSPS) is 13.0. The van der Waals surface area contributed by atoms with Crippen LogP contribution in [0.3, 0.4) is 0 Å². The van der Waals surface area contributed by atoms with Crippen LogP contribution >= 0.6 is 27.3 Å². The van der Waals surface area contributed by atoms with Crippen LogP contribution in [0.2, 0.25) is 0 Å². The summed E-state index contributed by atoms with van der Waals surface area (Å²) in [5.41, 5.74) is 1.69. The van der Waals surface area contributed by atoms with Gasteiger partial charge in [0.25, 0.3) is 5.91 Å². The molecule has 3 rings (SSSR count). The van der Waals surface area contributed by atoms with E-state index in [4.69, 9.17) is 4.74 Å². The number of thiophene rings is 1. The van der Waals surface area contributed by atoms with Gasteiger partial charge in [-0.1, -0.05) is 0 Å². The van der Waals surface area contributed by atoms with Crippen LogP contribution < -0.4 is 5.32 Å². The van der Waals surface area contributed by atoms with Crippen LogP contribution in [0.25, 0.3) is 0 Å². The zero-order valence-corrected chi connectivity index (χ0v) is 15.9. The molecular formula is C16H15BrN4O3S. The number of aromatic nitrogens is 2. The SMILES string of the molecule is Cn1cc(Br)c(C(=O)OCC(=O)Nc2sc3c(c2C#N)CCCC3)n1. The van der Waals surface area contributed by atoms with Crippen LogP contribution in [0, 0.1) is 11.3 Å². The second kappa shape index (κ2) is 7.37. The highest BCUT2D eigenvalue weighted by Gasteiger charge is 2.22. The number of hydrogen-bond donors (Lipinski definition) is 1. The van der Waals surface area contributed by atoms with Gasteiger partial charge in [-0.05, 0) is 47.2 Å². The molecule has 0 radical (unpaired) electrons. The summed E-state index contributed by atoms with van der Waals surface area (Å²) in [5, 5.41) is 16.6. The molecule has 130 valence electrons. The molecule has 7 nitrogen and oxygen atoms in total. The number of fused-ring (bicyclic) bond motifs is 1. The summed E-state index contributed by atoms with van der Waals surface area (Å²) in [7, 11) is 1.68. The minimum absolute atomic E-state index is 0.111. The fourth-order valence-corrected chi connectivity index (χ4v) is 4.53. The van der Waals surface area contributed by atoms with Crippen molar-refractivity contribution in [1.82, 2.24) is 9.78 Å². The van der Waals surface area contributed by atoms with Crippen LogP contribution in [-0.4, -0.2) is 28.3 Å². The molecule has 0 saturated heterocycles. The Morgan fingerprint density at radius 3 is 2.92 bits per heavy atom. The third kappa shape index (κ3) is 3.75. The highest BCUT2D eigenvalue weighted by Crippen LogP contribution is 2.37. The van der Waals surface area contributed by atoms with Gasteiger partial charge >= 0.3 is 5.97 Å². The van der Waals surface area contributed by atoms with E-state index >= 15 is 0 Å². The molecule has 2 heterocycles. The van der Waals surface area contributed by atoms with Gasteiger partial charge in [0.05, 0.1) is 10.0 Å². The predicted molar refractivity (Wildman–Crippen MR) is 95.5 cm³/mol. The number of amides is 1. The number of nitrogens with zero attached hydrogens (tertiary/aromatic N) is 3. The van der Waals surface area contributed by atoms with Gasteiger partial charge in [-0.25, -0.2) is 4.79 Å². The second-order valence-corrected chi connectivity index (χ2v) is 7.61. The molecule has 1 N–H and O–H groups in total. The highest BCUT2D eigenvalue weighted by atomic mass is 79.9. The van der Waals surface area contributed by atoms with E-state index in [-0.39, 0.29) is 5.69 Å². The average Bonchev–Trinajstić information content (AvgIpc) is 3.11. The Labute approximate surface area is 156 Å². The maximum atomic E-state index is 12.1. The molecule has 0 unspecified atom stereocenters. The average molecular weight is 423 g/mol. The van der Waals surface area contributed by atoms with Crippen molar-refractivity contribution in [2.45, 2.75) is 25.7 Å². The maximum Gasteiger partial charge on any atom is 0.360 e. The molecule has 0 aromatic carbocycles. The molecule has 1 aliphatic carbocycles. The van der Waals surface area contributed by atoms with E-state index in [1.807, 2.05) is 0 Å². The Hall–Kier alpha value is -2.18.